The van der Waals surface area contributed by atoms with Crippen molar-refractivity contribution in [2.75, 3.05) is 26.7 Å². The molecule has 0 saturated carbocycles. The highest BCUT2D eigenvalue weighted by Crippen LogP contribution is 2.27. The van der Waals surface area contributed by atoms with E-state index in [0.29, 0.717) is 31.2 Å². The molecular weight excluding hydrogens is 414 g/mol. The number of benzene rings is 2. The number of aryl methyl sites for hydroxylation is 1. The van der Waals surface area contributed by atoms with Gasteiger partial charge in [0.25, 0.3) is 5.91 Å². The fraction of sp³-hybridized carbons (Fsp3) is 0.407. The molecule has 0 radical (unpaired) electrons. The number of nitrogens with one attached hydrogen (secondary N) is 2. The Labute approximate surface area is 195 Å². The number of aromatic amines is 1. The summed E-state index contributed by atoms with van der Waals surface area (Å²) in [7, 11) is 1.63. The van der Waals surface area contributed by atoms with Crippen LogP contribution < -0.4 is 10.1 Å². The Morgan fingerprint density at radius 2 is 1.88 bits per heavy atom. The van der Waals surface area contributed by atoms with Crippen LogP contribution in [-0.2, 0) is 11.2 Å². The van der Waals surface area contributed by atoms with E-state index in [4.69, 9.17) is 4.74 Å². The molecule has 1 aromatic heterocycles. The molecule has 0 aliphatic carbocycles. The number of aromatic nitrogens is 1. The van der Waals surface area contributed by atoms with Crippen molar-refractivity contribution in [3.63, 3.8) is 0 Å². The minimum atomic E-state index is -0.0421. The molecule has 0 spiro atoms. The number of fused-ring (bicyclic) bond motifs is 1. The summed E-state index contributed by atoms with van der Waals surface area (Å²) >= 11 is 0. The van der Waals surface area contributed by atoms with Crippen LogP contribution in [0.5, 0.6) is 5.75 Å². The molecule has 2 aromatic carbocycles. The van der Waals surface area contributed by atoms with Crippen LogP contribution in [0.25, 0.3) is 10.9 Å². The standard InChI is InChI=1S/C27H33N3O3/c1-19(26(31)28-14-6-9-20-7-4-3-5-8-20)21-12-15-30(16-13-21)27(32)25-17-22-10-11-23(33-2)18-24(22)29-25/h3-5,7-8,10-11,17-19,21,29H,6,9,12-16H2,1-2H3,(H,28,31). The minimum absolute atomic E-state index is 0.0154. The van der Waals surface area contributed by atoms with E-state index in [0.717, 1.165) is 42.3 Å². The number of likely N-dealkylation sites (tertiary alicyclic amines) is 1. The maximum Gasteiger partial charge on any atom is 0.270 e. The minimum Gasteiger partial charge on any atom is -0.497 e. The zero-order chi connectivity index (χ0) is 23.2. The molecule has 4 rings (SSSR count). The normalized spacial score (nSPS) is 15.4. The van der Waals surface area contributed by atoms with Gasteiger partial charge in [-0.3, -0.25) is 9.59 Å². The maximum atomic E-state index is 13.0. The lowest BCUT2D eigenvalue weighted by molar-refractivity contribution is -0.126. The van der Waals surface area contributed by atoms with Crippen molar-refractivity contribution in [2.24, 2.45) is 11.8 Å². The second-order valence-corrected chi connectivity index (χ2v) is 8.93. The molecule has 2 amide bonds. The van der Waals surface area contributed by atoms with Crippen LogP contribution in [-0.4, -0.2) is 48.4 Å². The van der Waals surface area contributed by atoms with E-state index in [2.05, 4.69) is 22.4 Å². The highest BCUT2D eigenvalue weighted by atomic mass is 16.5. The van der Waals surface area contributed by atoms with Crippen LogP contribution in [0.2, 0.25) is 0 Å². The first-order chi connectivity index (χ1) is 16.0. The highest BCUT2D eigenvalue weighted by Gasteiger charge is 2.30. The number of hydrogen-bond acceptors (Lipinski definition) is 3. The summed E-state index contributed by atoms with van der Waals surface area (Å²) in [4.78, 5) is 30.8. The molecule has 1 atom stereocenters. The van der Waals surface area contributed by atoms with Crippen molar-refractivity contribution in [2.45, 2.75) is 32.6 Å². The SMILES string of the molecule is COc1ccc2cc(C(=O)N3CCC(C(C)C(=O)NCCCc4ccccc4)CC3)[nH]c2c1. The van der Waals surface area contributed by atoms with E-state index in [-0.39, 0.29) is 17.7 Å². The zero-order valence-electron chi connectivity index (χ0n) is 19.5. The third-order valence-corrected chi connectivity index (χ3v) is 6.79. The molecule has 3 aromatic rings. The summed E-state index contributed by atoms with van der Waals surface area (Å²) in [6.07, 6.45) is 3.60. The van der Waals surface area contributed by atoms with Gasteiger partial charge in [0.2, 0.25) is 5.91 Å². The van der Waals surface area contributed by atoms with E-state index >= 15 is 0 Å². The predicted octanol–water partition coefficient (Wildman–Crippen LogP) is 4.41. The van der Waals surface area contributed by atoms with Crippen LogP contribution in [0, 0.1) is 11.8 Å². The van der Waals surface area contributed by atoms with Gasteiger partial charge in [0.05, 0.1) is 7.11 Å². The topological polar surface area (TPSA) is 74.4 Å². The van der Waals surface area contributed by atoms with Crippen LogP contribution in [0.4, 0.5) is 0 Å². The van der Waals surface area contributed by atoms with Crippen molar-refractivity contribution in [1.29, 1.82) is 0 Å². The van der Waals surface area contributed by atoms with E-state index in [1.54, 1.807) is 7.11 Å². The quantitative estimate of drug-likeness (QED) is 0.502. The van der Waals surface area contributed by atoms with Crippen LogP contribution >= 0.6 is 0 Å². The monoisotopic (exact) mass is 447 g/mol. The van der Waals surface area contributed by atoms with Crippen LogP contribution in [0.1, 0.15) is 42.2 Å². The van der Waals surface area contributed by atoms with Gasteiger partial charge in [-0.05, 0) is 55.4 Å². The molecule has 0 bridgehead atoms. The van der Waals surface area contributed by atoms with Gasteiger partial charge in [-0.15, -0.1) is 0 Å². The van der Waals surface area contributed by atoms with Crippen molar-refractivity contribution >= 4 is 22.7 Å². The van der Waals surface area contributed by atoms with Gasteiger partial charge in [0.15, 0.2) is 0 Å². The van der Waals surface area contributed by atoms with Gasteiger partial charge in [-0.2, -0.15) is 0 Å². The molecule has 33 heavy (non-hydrogen) atoms. The second kappa shape index (κ2) is 10.6. The summed E-state index contributed by atoms with van der Waals surface area (Å²) in [5.74, 6) is 1.16. The fourth-order valence-corrected chi connectivity index (χ4v) is 4.65. The van der Waals surface area contributed by atoms with E-state index < -0.39 is 0 Å². The number of amides is 2. The Bertz CT molecular complexity index is 1080. The van der Waals surface area contributed by atoms with Crippen molar-refractivity contribution in [3.05, 3.63) is 65.9 Å². The number of hydrogen-bond donors (Lipinski definition) is 2. The van der Waals surface area contributed by atoms with Gasteiger partial charge in [0.1, 0.15) is 11.4 Å². The van der Waals surface area contributed by atoms with Crippen molar-refractivity contribution in [3.8, 4) is 5.75 Å². The first-order valence-corrected chi connectivity index (χ1v) is 11.8. The molecule has 174 valence electrons. The summed E-state index contributed by atoms with van der Waals surface area (Å²) < 4.78 is 5.26. The maximum absolute atomic E-state index is 13.0. The Kier molecular flexibility index (Phi) is 7.33. The zero-order valence-corrected chi connectivity index (χ0v) is 19.5. The molecule has 1 saturated heterocycles. The Hall–Kier alpha value is -3.28. The lowest BCUT2D eigenvalue weighted by Crippen LogP contribution is -2.43. The van der Waals surface area contributed by atoms with Crippen LogP contribution in [0.3, 0.4) is 0 Å². The van der Waals surface area contributed by atoms with Gasteiger partial charge in [-0.1, -0.05) is 37.3 Å². The first-order valence-electron chi connectivity index (χ1n) is 11.8. The number of H-pyrrole nitrogens is 1. The lowest BCUT2D eigenvalue weighted by atomic mass is 9.84. The summed E-state index contributed by atoms with van der Waals surface area (Å²) in [5.41, 5.74) is 2.79. The van der Waals surface area contributed by atoms with E-state index in [1.165, 1.54) is 5.56 Å². The summed E-state index contributed by atoms with van der Waals surface area (Å²) in [5, 5.41) is 4.09. The third kappa shape index (κ3) is 5.56. The molecule has 6 nitrogen and oxygen atoms in total. The molecule has 2 N–H and O–H groups in total. The molecule has 1 aliphatic rings. The van der Waals surface area contributed by atoms with E-state index in [9.17, 15) is 9.59 Å². The number of piperidine rings is 1. The number of nitrogens with zero attached hydrogens (tertiary/aromatic N) is 1. The first kappa shape index (κ1) is 22.9. The Balaban J connectivity index is 1.23. The second-order valence-electron chi connectivity index (χ2n) is 8.93. The number of rotatable bonds is 8. The molecule has 1 aliphatic heterocycles. The van der Waals surface area contributed by atoms with Gasteiger partial charge in [-0.25, -0.2) is 0 Å². The Morgan fingerprint density at radius 1 is 1.12 bits per heavy atom. The number of carbonyl (C=O) groups is 2. The smallest absolute Gasteiger partial charge is 0.270 e. The summed E-state index contributed by atoms with van der Waals surface area (Å²) in [6, 6.07) is 18.0. The fourth-order valence-electron chi connectivity index (χ4n) is 4.65. The highest BCUT2D eigenvalue weighted by molar-refractivity contribution is 5.98. The van der Waals surface area contributed by atoms with Gasteiger partial charge in [0, 0.05) is 42.5 Å². The molecular formula is C27H33N3O3. The van der Waals surface area contributed by atoms with Gasteiger partial charge >= 0.3 is 0 Å². The van der Waals surface area contributed by atoms with Crippen molar-refractivity contribution in [1.82, 2.24) is 15.2 Å². The molecule has 1 fully saturated rings. The lowest BCUT2D eigenvalue weighted by Gasteiger charge is -2.34. The summed E-state index contributed by atoms with van der Waals surface area (Å²) in [6.45, 7) is 4.06. The average molecular weight is 448 g/mol. The Morgan fingerprint density at radius 3 is 2.61 bits per heavy atom. The van der Waals surface area contributed by atoms with Gasteiger partial charge < -0.3 is 19.9 Å². The largest absolute Gasteiger partial charge is 0.497 e. The number of methoxy groups -OCH3 is 1. The van der Waals surface area contributed by atoms with E-state index in [1.807, 2.05) is 54.3 Å². The molecule has 6 heteroatoms. The number of ether oxygens (including phenoxy) is 1. The van der Waals surface area contributed by atoms with Crippen LogP contribution in [0.15, 0.2) is 54.6 Å². The van der Waals surface area contributed by atoms with Crippen molar-refractivity contribution < 1.29 is 14.3 Å². The number of carbonyl (C=O) groups excluding carboxylic acids is 2. The predicted molar refractivity (Wildman–Crippen MR) is 130 cm³/mol. The molecule has 2 heterocycles. The third-order valence-electron chi connectivity index (χ3n) is 6.79. The molecule has 1 unspecified atom stereocenters. The average Bonchev–Trinajstić information content (AvgIpc) is 3.29.